The van der Waals surface area contributed by atoms with Gasteiger partial charge in [0.15, 0.2) is 0 Å². The first-order valence-electron chi connectivity index (χ1n) is 7.81. The van der Waals surface area contributed by atoms with Crippen LogP contribution < -0.4 is 5.32 Å². The zero-order valence-electron chi connectivity index (χ0n) is 14.5. The van der Waals surface area contributed by atoms with E-state index in [0.717, 1.165) is 15.6 Å². The van der Waals surface area contributed by atoms with E-state index in [4.69, 9.17) is 4.74 Å². The molecule has 0 unspecified atom stereocenters. The Labute approximate surface area is 156 Å². The molecule has 132 valence electrons. The molecular weight excluding hydrogens is 384 g/mol. The van der Waals surface area contributed by atoms with E-state index in [1.165, 1.54) is 7.11 Å². The summed E-state index contributed by atoms with van der Waals surface area (Å²) < 4.78 is 5.74. The molecule has 0 bridgehead atoms. The van der Waals surface area contributed by atoms with E-state index in [0.29, 0.717) is 17.8 Å². The van der Waals surface area contributed by atoms with Crippen LogP contribution in [-0.2, 0) is 16.1 Å². The first kappa shape index (κ1) is 19.1. The number of amides is 1. The second kappa shape index (κ2) is 8.78. The van der Waals surface area contributed by atoms with Crippen LogP contribution in [0.4, 0.5) is 5.69 Å². The van der Waals surface area contributed by atoms with Gasteiger partial charge in [0.1, 0.15) is 0 Å². The largest absolute Gasteiger partial charge is 0.465 e. The fourth-order valence-corrected chi connectivity index (χ4v) is 2.66. The minimum absolute atomic E-state index is 0.135. The summed E-state index contributed by atoms with van der Waals surface area (Å²) in [5, 5.41) is 2.86. The molecule has 6 heteroatoms. The lowest BCUT2D eigenvalue weighted by atomic mass is 10.1. The summed E-state index contributed by atoms with van der Waals surface area (Å²) in [5.74, 6) is -0.562. The maximum Gasteiger partial charge on any atom is 0.337 e. The van der Waals surface area contributed by atoms with Crippen molar-refractivity contribution in [3.8, 4) is 0 Å². The zero-order valence-corrected chi connectivity index (χ0v) is 16.1. The van der Waals surface area contributed by atoms with Crippen molar-refractivity contribution in [3.63, 3.8) is 0 Å². The van der Waals surface area contributed by atoms with E-state index in [1.54, 1.807) is 18.2 Å². The topological polar surface area (TPSA) is 58.6 Å². The second-order valence-electron chi connectivity index (χ2n) is 5.87. The third-order valence-electron chi connectivity index (χ3n) is 3.71. The number of hydrogen-bond acceptors (Lipinski definition) is 4. The van der Waals surface area contributed by atoms with Gasteiger partial charge in [-0.25, -0.2) is 4.79 Å². The van der Waals surface area contributed by atoms with Crippen LogP contribution in [0.1, 0.15) is 21.5 Å². The van der Waals surface area contributed by atoms with E-state index in [2.05, 4.69) is 21.2 Å². The second-order valence-corrected chi connectivity index (χ2v) is 6.78. The number of rotatable bonds is 6. The summed E-state index contributed by atoms with van der Waals surface area (Å²) in [4.78, 5) is 25.8. The van der Waals surface area contributed by atoms with Gasteiger partial charge in [-0.2, -0.15) is 0 Å². The van der Waals surface area contributed by atoms with Crippen molar-refractivity contribution in [2.75, 3.05) is 26.0 Å². The summed E-state index contributed by atoms with van der Waals surface area (Å²) in [6, 6.07) is 13.1. The number of anilines is 1. The highest BCUT2D eigenvalue weighted by Crippen LogP contribution is 2.18. The van der Waals surface area contributed by atoms with Crippen LogP contribution in [0.25, 0.3) is 0 Å². The predicted octanol–water partition coefficient (Wildman–Crippen LogP) is 3.61. The molecule has 0 spiro atoms. The van der Waals surface area contributed by atoms with E-state index in [-0.39, 0.29) is 12.5 Å². The molecule has 1 N–H and O–H groups in total. The fraction of sp³-hybridized carbons (Fsp3) is 0.263. The lowest BCUT2D eigenvalue weighted by molar-refractivity contribution is -0.117. The van der Waals surface area contributed by atoms with Gasteiger partial charge in [0.05, 0.1) is 19.2 Å². The number of hydrogen-bond donors (Lipinski definition) is 1. The average Bonchev–Trinajstić information content (AvgIpc) is 2.58. The summed E-state index contributed by atoms with van der Waals surface area (Å²) in [6.07, 6.45) is 0. The van der Waals surface area contributed by atoms with Crippen LogP contribution in [0.5, 0.6) is 0 Å². The number of carbonyl (C=O) groups is 2. The number of nitrogens with zero attached hydrogens (tertiary/aromatic N) is 1. The van der Waals surface area contributed by atoms with Gasteiger partial charge in [-0.05, 0) is 49.4 Å². The standard InChI is InChI=1S/C19H21BrN2O3/c1-13-4-7-15(19(24)25-3)10-17(13)21-18(23)12-22(2)11-14-5-8-16(20)9-6-14/h4-10H,11-12H2,1-3H3,(H,21,23). The third kappa shape index (κ3) is 5.69. The Morgan fingerprint density at radius 2 is 1.84 bits per heavy atom. The average molecular weight is 405 g/mol. The SMILES string of the molecule is COC(=O)c1ccc(C)c(NC(=O)CN(C)Cc2ccc(Br)cc2)c1. The van der Waals surface area contributed by atoms with Crippen molar-refractivity contribution in [2.24, 2.45) is 0 Å². The Morgan fingerprint density at radius 1 is 1.16 bits per heavy atom. The number of benzene rings is 2. The number of likely N-dealkylation sites (N-methyl/N-ethyl adjacent to an activating group) is 1. The first-order chi connectivity index (χ1) is 11.9. The molecule has 0 aromatic heterocycles. The number of halogens is 1. The summed E-state index contributed by atoms with van der Waals surface area (Å²) in [7, 11) is 3.22. The molecule has 5 nitrogen and oxygen atoms in total. The Bertz CT molecular complexity index is 760. The molecule has 0 radical (unpaired) electrons. The molecule has 2 rings (SSSR count). The number of ether oxygens (including phenoxy) is 1. The molecular formula is C19H21BrN2O3. The molecule has 0 saturated carbocycles. The lowest BCUT2D eigenvalue weighted by Crippen LogP contribution is -2.30. The highest BCUT2D eigenvalue weighted by atomic mass is 79.9. The molecule has 0 saturated heterocycles. The lowest BCUT2D eigenvalue weighted by Gasteiger charge is -2.17. The molecule has 25 heavy (non-hydrogen) atoms. The Morgan fingerprint density at radius 3 is 2.48 bits per heavy atom. The van der Waals surface area contributed by atoms with Crippen LogP contribution in [0.2, 0.25) is 0 Å². The zero-order chi connectivity index (χ0) is 18.4. The minimum atomic E-state index is -0.428. The van der Waals surface area contributed by atoms with Gasteiger partial charge < -0.3 is 10.1 Å². The number of carbonyl (C=O) groups excluding carboxylic acids is 2. The summed E-state index contributed by atoms with van der Waals surface area (Å²) in [6.45, 7) is 2.79. The van der Waals surface area contributed by atoms with E-state index < -0.39 is 5.97 Å². The van der Waals surface area contributed by atoms with Gasteiger partial charge in [0.25, 0.3) is 0 Å². The Balaban J connectivity index is 1.97. The van der Waals surface area contributed by atoms with Crippen molar-refractivity contribution in [1.29, 1.82) is 0 Å². The van der Waals surface area contributed by atoms with Gasteiger partial charge in [-0.1, -0.05) is 34.1 Å². The molecule has 1 amide bonds. The maximum atomic E-state index is 12.3. The molecule has 2 aromatic carbocycles. The summed E-state index contributed by atoms with van der Waals surface area (Å²) in [5.41, 5.74) is 3.04. The number of esters is 1. The van der Waals surface area contributed by atoms with Crippen molar-refractivity contribution in [2.45, 2.75) is 13.5 Å². The number of aryl methyl sites for hydroxylation is 1. The maximum absolute atomic E-state index is 12.3. The third-order valence-corrected chi connectivity index (χ3v) is 4.24. The van der Waals surface area contributed by atoms with E-state index in [9.17, 15) is 9.59 Å². The van der Waals surface area contributed by atoms with E-state index in [1.807, 2.05) is 43.1 Å². The fourth-order valence-electron chi connectivity index (χ4n) is 2.39. The van der Waals surface area contributed by atoms with Gasteiger partial charge in [-0.3, -0.25) is 9.69 Å². The quantitative estimate of drug-likeness (QED) is 0.746. The van der Waals surface area contributed by atoms with Gasteiger partial charge in [0, 0.05) is 16.7 Å². The van der Waals surface area contributed by atoms with Crippen LogP contribution in [0.15, 0.2) is 46.9 Å². The van der Waals surface area contributed by atoms with Crippen molar-refractivity contribution in [1.82, 2.24) is 4.90 Å². The molecule has 0 fully saturated rings. The molecule has 0 atom stereocenters. The highest BCUT2D eigenvalue weighted by molar-refractivity contribution is 9.10. The molecule has 0 aliphatic carbocycles. The van der Waals surface area contributed by atoms with Crippen molar-refractivity contribution in [3.05, 3.63) is 63.6 Å². The van der Waals surface area contributed by atoms with Crippen LogP contribution >= 0.6 is 15.9 Å². The van der Waals surface area contributed by atoms with Crippen LogP contribution in [0, 0.1) is 6.92 Å². The molecule has 2 aromatic rings. The number of nitrogens with one attached hydrogen (secondary N) is 1. The van der Waals surface area contributed by atoms with Gasteiger partial charge in [-0.15, -0.1) is 0 Å². The van der Waals surface area contributed by atoms with E-state index >= 15 is 0 Å². The van der Waals surface area contributed by atoms with Crippen LogP contribution in [-0.4, -0.2) is 37.5 Å². The predicted molar refractivity (Wildman–Crippen MR) is 102 cm³/mol. The normalized spacial score (nSPS) is 10.6. The van der Waals surface area contributed by atoms with Gasteiger partial charge in [0.2, 0.25) is 5.91 Å². The Kier molecular flexibility index (Phi) is 6.73. The number of methoxy groups -OCH3 is 1. The smallest absolute Gasteiger partial charge is 0.337 e. The summed E-state index contributed by atoms with van der Waals surface area (Å²) >= 11 is 3.41. The molecule has 0 aliphatic rings. The highest BCUT2D eigenvalue weighted by Gasteiger charge is 2.12. The Hall–Kier alpha value is -2.18. The minimum Gasteiger partial charge on any atom is -0.465 e. The first-order valence-corrected chi connectivity index (χ1v) is 8.60. The van der Waals surface area contributed by atoms with Crippen molar-refractivity contribution < 1.29 is 14.3 Å². The molecule has 0 heterocycles. The van der Waals surface area contributed by atoms with Gasteiger partial charge >= 0.3 is 5.97 Å². The molecule has 0 aliphatic heterocycles. The van der Waals surface area contributed by atoms with Crippen LogP contribution in [0.3, 0.4) is 0 Å². The monoisotopic (exact) mass is 404 g/mol. The van der Waals surface area contributed by atoms with Crippen molar-refractivity contribution >= 4 is 33.5 Å².